The molecule has 0 unspecified atom stereocenters. The second-order valence-electron chi connectivity index (χ2n) is 5.31. The molecule has 1 heterocycles. The van der Waals surface area contributed by atoms with Gasteiger partial charge in [0.1, 0.15) is 5.75 Å². The van der Waals surface area contributed by atoms with Crippen LogP contribution in [0.1, 0.15) is 12.0 Å². The van der Waals surface area contributed by atoms with Crippen LogP contribution in [0.15, 0.2) is 46.9 Å². The second kappa shape index (κ2) is 6.26. The molecule has 0 saturated carbocycles. The van der Waals surface area contributed by atoms with Gasteiger partial charge in [0.25, 0.3) is 4.84 Å². The first kappa shape index (κ1) is 15.3. The van der Waals surface area contributed by atoms with Gasteiger partial charge < -0.3 is 14.8 Å². The fourth-order valence-corrected chi connectivity index (χ4v) is 2.68. The number of nitrogens with one attached hydrogen (secondary N) is 1. The van der Waals surface area contributed by atoms with Crippen LogP contribution < -0.4 is 5.32 Å². The monoisotopic (exact) mass is 328 g/mol. The van der Waals surface area contributed by atoms with Gasteiger partial charge in [0.2, 0.25) is 5.91 Å². The van der Waals surface area contributed by atoms with Crippen molar-refractivity contribution in [1.29, 1.82) is 0 Å². The second-order valence-corrected chi connectivity index (χ2v) is 5.66. The highest BCUT2D eigenvalue weighted by atomic mass is 32.1. The molecule has 0 saturated heterocycles. The molecule has 0 fully saturated rings. The number of aromatic nitrogens is 1. The topological polar surface area (TPSA) is 67.4 Å². The number of hydrogen-bond donors (Lipinski definition) is 2. The summed E-state index contributed by atoms with van der Waals surface area (Å²) in [6, 6.07) is 12.6. The normalized spacial score (nSPS) is 10.8. The number of anilines is 1. The quantitative estimate of drug-likeness (QED) is 0.561. The Bertz CT molecular complexity index is 927. The van der Waals surface area contributed by atoms with Crippen molar-refractivity contribution < 1.29 is 14.3 Å². The van der Waals surface area contributed by atoms with Gasteiger partial charge in [0.05, 0.1) is 11.2 Å². The molecule has 3 aromatic rings. The van der Waals surface area contributed by atoms with E-state index in [1.165, 1.54) is 0 Å². The zero-order valence-corrected chi connectivity index (χ0v) is 13.4. The summed E-state index contributed by atoms with van der Waals surface area (Å²) in [7, 11) is 0. The first-order valence-corrected chi connectivity index (χ1v) is 7.63. The van der Waals surface area contributed by atoms with Gasteiger partial charge in [-0.05, 0) is 49.0 Å². The maximum atomic E-state index is 12.1. The average Bonchev–Trinajstić information content (AvgIpc) is 2.84. The first-order valence-electron chi connectivity index (χ1n) is 7.22. The summed E-state index contributed by atoms with van der Waals surface area (Å²) in [5.74, 6) is -0.146. The molecule has 0 atom stereocenters. The van der Waals surface area contributed by atoms with Crippen LogP contribution in [0.5, 0.6) is 5.75 Å². The van der Waals surface area contributed by atoms with E-state index >= 15 is 0 Å². The number of carbonyl (C=O) groups is 1. The van der Waals surface area contributed by atoms with Crippen LogP contribution in [0.4, 0.5) is 5.69 Å². The number of phenols is 1. The van der Waals surface area contributed by atoms with E-state index in [-0.39, 0.29) is 18.1 Å². The van der Waals surface area contributed by atoms with E-state index < -0.39 is 0 Å². The Labute approximate surface area is 138 Å². The van der Waals surface area contributed by atoms with E-state index in [0.29, 0.717) is 22.7 Å². The number of benzene rings is 2. The highest BCUT2D eigenvalue weighted by Crippen LogP contribution is 2.24. The third-order valence-electron chi connectivity index (χ3n) is 3.56. The minimum atomic E-state index is -0.196. The van der Waals surface area contributed by atoms with Gasteiger partial charge in [-0.15, -0.1) is 0 Å². The van der Waals surface area contributed by atoms with Crippen LogP contribution in [0.3, 0.4) is 0 Å². The molecule has 2 N–H and O–H groups in total. The largest absolute Gasteiger partial charge is 0.506 e. The van der Waals surface area contributed by atoms with Crippen molar-refractivity contribution in [3.8, 4) is 5.75 Å². The lowest BCUT2D eigenvalue weighted by atomic mass is 10.2. The SMILES string of the molecule is Cc1ccc(O)c(NC(=O)CCn2c(=S)oc3ccccc32)c1. The number of para-hydroxylation sites is 2. The number of phenolic OH excluding ortho intramolecular Hbond substituents is 1. The van der Waals surface area contributed by atoms with Crippen molar-refractivity contribution in [2.45, 2.75) is 19.9 Å². The van der Waals surface area contributed by atoms with E-state index in [2.05, 4.69) is 5.32 Å². The number of oxazole rings is 1. The summed E-state index contributed by atoms with van der Waals surface area (Å²) in [6.07, 6.45) is 0.227. The van der Waals surface area contributed by atoms with Crippen molar-refractivity contribution in [3.63, 3.8) is 0 Å². The average molecular weight is 328 g/mol. The number of hydrogen-bond acceptors (Lipinski definition) is 4. The number of amides is 1. The zero-order chi connectivity index (χ0) is 16.4. The number of fused-ring (bicyclic) bond motifs is 1. The predicted molar refractivity (Wildman–Crippen MR) is 91.1 cm³/mol. The minimum absolute atomic E-state index is 0.0503. The highest BCUT2D eigenvalue weighted by molar-refractivity contribution is 7.71. The smallest absolute Gasteiger partial charge is 0.269 e. The third-order valence-corrected chi connectivity index (χ3v) is 3.87. The van der Waals surface area contributed by atoms with Gasteiger partial charge in [-0.3, -0.25) is 9.36 Å². The van der Waals surface area contributed by atoms with Crippen LogP contribution in [0, 0.1) is 11.8 Å². The Morgan fingerprint density at radius 1 is 1.30 bits per heavy atom. The van der Waals surface area contributed by atoms with E-state index in [9.17, 15) is 9.90 Å². The molecular formula is C17H16N2O3S. The van der Waals surface area contributed by atoms with Crippen LogP contribution in [-0.2, 0) is 11.3 Å². The summed E-state index contributed by atoms with van der Waals surface area (Å²) in [5, 5.41) is 12.5. The molecule has 0 aliphatic carbocycles. The van der Waals surface area contributed by atoms with Crippen molar-refractivity contribution in [3.05, 3.63) is 52.9 Å². The maximum Gasteiger partial charge on any atom is 0.269 e. The van der Waals surface area contributed by atoms with Gasteiger partial charge in [0.15, 0.2) is 5.58 Å². The summed E-state index contributed by atoms with van der Waals surface area (Å²) in [6.45, 7) is 2.31. The first-order chi connectivity index (χ1) is 11.0. The van der Waals surface area contributed by atoms with Crippen molar-refractivity contribution in [2.24, 2.45) is 0 Å². The van der Waals surface area contributed by atoms with Crippen LogP contribution in [0.25, 0.3) is 11.1 Å². The van der Waals surface area contributed by atoms with E-state index in [1.54, 1.807) is 22.8 Å². The lowest BCUT2D eigenvalue weighted by Gasteiger charge is -2.08. The molecular weight excluding hydrogens is 312 g/mol. The van der Waals surface area contributed by atoms with E-state index in [1.807, 2.05) is 31.2 Å². The van der Waals surface area contributed by atoms with Crippen molar-refractivity contribution >= 4 is 34.9 Å². The molecule has 2 aromatic carbocycles. The number of nitrogens with zero attached hydrogens (tertiary/aromatic N) is 1. The maximum absolute atomic E-state index is 12.1. The molecule has 1 aromatic heterocycles. The summed E-state index contributed by atoms with van der Waals surface area (Å²) in [5.41, 5.74) is 2.94. The van der Waals surface area contributed by atoms with Crippen LogP contribution in [0.2, 0.25) is 0 Å². The fourth-order valence-electron chi connectivity index (χ4n) is 2.40. The van der Waals surface area contributed by atoms with Gasteiger partial charge in [-0.2, -0.15) is 0 Å². The van der Waals surface area contributed by atoms with Crippen molar-refractivity contribution in [2.75, 3.05) is 5.32 Å². The molecule has 3 rings (SSSR count). The number of aryl methyl sites for hydroxylation is 2. The molecule has 1 amide bonds. The fraction of sp³-hybridized carbons (Fsp3) is 0.176. The Morgan fingerprint density at radius 3 is 2.91 bits per heavy atom. The Kier molecular flexibility index (Phi) is 4.16. The van der Waals surface area contributed by atoms with Crippen molar-refractivity contribution in [1.82, 2.24) is 4.57 Å². The summed E-state index contributed by atoms with van der Waals surface area (Å²) in [4.78, 5) is 12.5. The van der Waals surface area contributed by atoms with Crippen LogP contribution in [-0.4, -0.2) is 15.6 Å². The van der Waals surface area contributed by atoms with E-state index in [4.69, 9.17) is 16.6 Å². The molecule has 23 heavy (non-hydrogen) atoms. The Morgan fingerprint density at radius 2 is 2.09 bits per heavy atom. The van der Waals surface area contributed by atoms with E-state index in [0.717, 1.165) is 11.1 Å². The Balaban J connectivity index is 1.72. The molecule has 6 heteroatoms. The summed E-state index contributed by atoms with van der Waals surface area (Å²) >= 11 is 5.20. The van der Waals surface area contributed by atoms with Gasteiger partial charge >= 0.3 is 0 Å². The summed E-state index contributed by atoms with van der Waals surface area (Å²) < 4.78 is 7.28. The third kappa shape index (κ3) is 3.27. The molecule has 0 aliphatic heterocycles. The van der Waals surface area contributed by atoms with Gasteiger partial charge in [-0.1, -0.05) is 18.2 Å². The highest BCUT2D eigenvalue weighted by Gasteiger charge is 2.10. The number of aromatic hydroxyl groups is 1. The molecule has 0 aliphatic rings. The predicted octanol–water partition coefficient (Wildman–Crippen LogP) is 4.01. The molecule has 0 spiro atoms. The zero-order valence-electron chi connectivity index (χ0n) is 12.6. The molecule has 5 nitrogen and oxygen atoms in total. The lowest BCUT2D eigenvalue weighted by Crippen LogP contribution is -2.14. The van der Waals surface area contributed by atoms with Gasteiger partial charge in [-0.25, -0.2) is 0 Å². The standard InChI is InChI=1S/C17H16N2O3S/c1-11-6-7-14(20)12(10-11)18-16(21)8-9-19-13-4-2-3-5-15(13)22-17(19)23/h2-7,10,20H,8-9H2,1H3,(H,18,21). The Hall–Kier alpha value is -2.60. The molecule has 118 valence electrons. The van der Waals surface area contributed by atoms with Gasteiger partial charge in [0, 0.05) is 13.0 Å². The number of rotatable bonds is 4. The molecule has 0 radical (unpaired) electrons. The lowest BCUT2D eigenvalue weighted by molar-refractivity contribution is -0.116. The van der Waals surface area contributed by atoms with Crippen LogP contribution >= 0.6 is 12.2 Å². The molecule has 0 bridgehead atoms. The minimum Gasteiger partial charge on any atom is -0.506 e. The number of carbonyl (C=O) groups excluding carboxylic acids is 1.